The second-order valence-corrected chi connectivity index (χ2v) is 5.66. The maximum absolute atomic E-state index is 10.7. The fraction of sp³-hybridized carbons (Fsp3) is 0. The van der Waals surface area contributed by atoms with Crippen LogP contribution >= 0.6 is 35.0 Å². The summed E-state index contributed by atoms with van der Waals surface area (Å²) in [5.74, 6) is 0. The van der Waals surface area contributed by atoms with Crippen molar-refractivity contribution in [3.8, 4) is 6.07 Å². The van der Waals surface area contributed by atoms with Gasteiger partial charge in [0.15, 0.2) is 0 Å². The van der Waals surface area contributed by atoms with Crippen molar-refractivity contribution in [2.24, 2.45) is 0 Å². The highest BCUT2D eigenvalue weighted by Gasteiger charge is 2.12. The SMILES string of the molecule is N#Cc1cc([N+](=O)[O-])ccc1Sc1ccc(Cl)c(Cl)c1. The topological polar surface area (TPSA) is 66.9 Å². The number of nitro benzene ring substituents is 1. The Morgan fingerprint density at radius 1 is 1.15 bits per heavy atom. The number of hydrogen-bond donors (Lipinski definition) is 0. The molecule has 0 aliphatic heterocycles. The second kappa shape index (κ2) is 6.14. The first-order valence-corrected chi connectivity index (χ1v) is 6.90. The molecule has 0 saturated carbocycles. The summed E-state index contributed by atoms with van der Waals surface area (Å²) in [7, 11) is 0. The van der Waals surface area contributed by atoms with Gasteiger partial charge in [-0.3, -0.25) is 10.1 Å². The zero-order valence-corrected chi connectivity index (χ0v) is 12.2. The monoisotopic (exact) mass is 324 g/mol. The molecule has 0 amide bonds. The van der Waals surface area contributed by atoms with E-state index < -0.39 is 4.92 Å². The van der Waals surface area contributed by atoms with Crippen molar-refractivity contribution in [3.05, 3.63) is 62.1 Å². The predicted octanol–water partition coefficient (Wildman–Crippen LogP) is 4.92. The van der Waals surface area contributed by atoms with Crippen LogP contribution in [0.25, 0.3) is 0 Å². The van der Waals surface area contributed by atoms with Crippen LogP contribution in [-0.2, 0) is 0 Å². The van der Waals surface area contributed by atoms with E-state index in [1.165, 1.54) is 23.9 Å². The van der Waals surface area contributed by atoms with Crippen LogP contribution in [0.3, 0.4) is 0 Å². The third-order valence-corrected chi connectivity index (χ3v) is 4.22. The van der Waals surface area contributed by atoms with Crippen molar-refractivity contribution in [2.45, 2.75) is 9.79 Å². The number of nitrogens with zero attached hydrogens (tertiary/aromatic N) is 2. The van der Waals surface area contributed by atoms with Crippen molar-refractivity contribution in [1.82, 2.24) is 0 Å². The molecule has 0 atom stereocenters. The minimum Gasteiger partial charge on any atom is -0.258 e. The number of benzene rings is 2. The van der Waals surface area contributed by atoms with Gasteiger partial charge < -0.3 is 0 Å². The number of nitriles is 1. The van der Waals surface area contributed by atoms with Crippen molar-refractivity contribution >= 4 is 40.7 Å². The standard InChI is InChI=1S/C13H6Cl2N2O2S/c14-11-3-2-10(6-12(11)15)20-13-4-1-9(17(18)19)5-8(13)7-16/h1-6H. The first kappa shape index (κ1) is 14.7. The highest BCUT2D eigenvalue weighted by molar-refractivity contribution is 7.99. The van der Waals surface area contributed by atoms with Gasteiger partial charge in [-0.25, -0.2) is 0 Å². The number of nitro groups is 1. The van der Waals surface area contributed by atoms with Crippen LogP contribution in [0.5, 0.6) is 0 Å². The average Bonchev–Trinajstić information content (AvgIpc) is 2.43. The third kappa shape index (κ3) is 3.23. The molecule has 0 N–H and O–H groups in total. The van der Waals surface area contributed by atoms with Crippen molar-refractivity contribution in [1.29, 1.82) is 5.26 Å². The summed E-state index contributed by atoms with van der Waals surface area (Å²) in [5.41, 5.74) is 0.135. The third-order valence-electron chi connectivity index (χ3n) is 2.41. The highest BCUT2D eigenvalue weighted by atomic mass is 35.5. The fourth-order valence-corrected chi connectivity index (χ4v) is 2.76. The van der Waals surface area contributed by atoms with E-state index in [2.05, 4.69) is 0 Å². The van der Waals surface area contributed by atoms with Crippen LogP contribution in [0.4, 0.5) is 5.69 Å². The zero-order chi connectivity index (χ0) is 14.7. The van der Waals surface area contributed by atoms with Crippen molar-refractivity contribution in [3.63, 3.8) is 0 Å². The van der Waals surface area contributed by atoms with Gasteiger partial charge in [0.05, 0.1) is 20.5 Å². The van der Waals surface area contributed by atoms with E-state index in [1.807, 2.05) is 6.07 Å². The maximum Gasteiger partial charge on any atom is 0.270 e. The molecule has 0 bridgehead atoms. The molecular formula is C13H6Cl2N2O2S. The number of hydrogen-bond acceptors (Lipinski definition) is 4. The molecule has 7 heteroatoms. The van der Waals surface area contributed by atoms with Crippen LogP contribution in [0.1, 0.15) is 5.56 Å². The van der Waals surface area contributed by atoms with Gasteiger partial charge in [0.1, 0.15) is 6.07 Å². The molecule has 0 saturated heterocycles. The minimum atomic E-state index is -0.533. The summed E-state index contributed by atoms with van der Waals surface area (Å²) in [6.45, 7) is 0. The number of non-ortho nitro benzene ring substituents is 1. The quantitative estimate of drug-likeness (QED) is 0.593. The van der Waals surface area contributed by atoms with Gasteiger partial charge >= 0.3 is 0 Å². The Labute approximate surface area is 129 Å². The Balaban J connectivity index is 2.36. The van der Waals surface area contributed by atoms with Gasteiger partial charge in [-0.15, -0.1) is 0 Å². The van der Waals surface area contributed by atoms with Gasteiger partial charge in [0.25, 0.3) is 5.69 Å². The summed E-state index contributed by atoms with van der Waals surface area (Å²) < 4.78 is 0. The molecule has 0 aromatic heterocycles. The summed E-state index contributed by atoms with van der Waals surface area (Å²) in [6, 6.07) is 11.2. The van der Waals surface area contributed by atoms with Crippen LogP contribution in [-0.4, -0.2) is 4.92 Å². The van der Waals surface area contributed by atoms with Crippen LogP contribution in [0, 0.1) is 21.4 Å². The van der Waals surface area contributed by atoms with Gasteiger partial charge in [0.2, 0.25) is 0 Å². The summed E-state index contributed by atoms with van der Waals surface area (Å²) in [6.07, 6.45) is 0. The lowest BCUT2D eigenvalue weighted by Gasteiger charge is -2.05. The smallest absolute Gasteiger partial charge is 0.258 e. The molecule has 4 nitrogen and oxygen atoms in total. The van der Waals surface area contributed by atoms with E-state index in [9.17, 15) is 10.1 Å². The molecule has 2 aromatic carbocycles. The maximum atomic E-state index is 10.7. The zero-order valence-electron chi connectivity index (χ0n) is 9.84. The molecule has 2 rings (SSSR count). The Kier molecular flexibility index (Phi) is 4.50. The summed E-state index contributed by atoms with van der Waals surface area (Å²) in [4.78, 5) is 11.6. The Bertz CT molecular complexity index is 729. The van der Waals surface area contributed by atoms with Crippen molar-refractivity contribution < 1.29 is 4.92 Å². The average molecular weight is 325 g/mol. The molecular weight excluding hydrogens is 319 g/mol. The lowest BCUT2D eigenvalue weighted by atomic mass is 10.2. The van der Waals surface area contributed by atoms with Gasteiger partial charge in [-0.05, 0) is 24.3 Å². The fourth-order valence-electron chi connectivity index (χ4n) is 1.48. The molecule has 2 aromatic rings. The number of halogens is 2. The van der Waals surface area contributed by atoms with Crippen LogP contribution < -0.4 is 0 Å². The Morgan fingerprint density at radius 2 is 1.90 bits per heavy atom. The van der Waals surface area contributed by atoms with E-state index in [0.29, 0.717) is 14.9 Å². The summed E-state index contributed by atoms with van der Waals surface area (Å²) in [5, 5.41) is 20.6. The van der Waals surface area contributed by atoms with Gasteiger partial charge in [-0.1, -0.05) is 35.0 Å². The summed E-state index contributed by atoms with van der Waals surface area (Å²) >= 11 is 13.0. The molecule has 0 radical (unpaired) electrons. The van der Waals surface area contributed by atoms with E-state index in [4.69, 9.17) is 28.5 Å². The Morgan fingerprint density at radius 3 is 2.50 bits per heavy atom. The van der Waals surface area contributed by atoms with E-state index >= 15 is 0 Å². The van der Waals surface area contributed by atoms with Gasteiger partial charge in [-0.2, -0.15) is 5.26 Å². The molecule has 0 unspecified atom stereocenters. The first-order valence-electron chi connectivity index (χ1n) is 5.32. The normalized spacial score (nSPS) is 10.1. The van der Waals surface area contributed by atoms with Crippen molar-refractivity contribution in [2.75, 3.05) is 0 Å². The van der Waals surface area contributed by atoms with E-state index in [1.54, 1.807) is 24.3 Å². The van der Waals surface area contributed by atoms with E-state index in [0.717, 1.165) is 4.90 Å². The largest absolute Gasteiger partial charge is 0.270 e. The number of rotatable bonds is 3. The molecule has 0 fully saturated rings. The molecule has 0 spiro atoms. The lowest BCUT2D eigenvalue weighted by molar-refractivity contribution is -0.384. The second-order valence-electron chi connectivity index (χ2n) is 3.73. The predicted molar refractivity (Wildman–Crippen MR) is 78.4 cm³/mol. The van der Waals surface area contributed by atoms with Crippen LogP contribution in [0.15, 0.2) is 46.2 Å². The molecule has 0 aliphatic rings. The molecule has 0 aliphatic carbocycles. The Hall–Kier alpha value is -1.74. The lowest BCUT2D eigenvalue weighted by Crippen LogP contribution is -1.90. The van der Waals surface area contributed by atoms with E-state index in [-0.39, 0.29) is 11.3 Å². The highest BCUT2D eigenvalue weighted by Crippen LogP contribution is 2.35. The minimum absolute atomic E-state index is 0.111. The first-order chi connectivity index (χ1) is 9.51. The van der Waals surface area contributed by atoms with Gasteiger partial charge in [0, 0.05) is 21.9 Å². The molecule has 0 heterocycles. The van der Waals surface area contributed by atoms with Crippen LogP contribution in [0.2, 0.25) is 10.0 Å². The molecule has 100 valence electrons. The molecule has 20 heavy (non-hydrogen) atoms.